The summed E-state index contributed by atoms with van der Waals surface area (Å²) in [5.74, 6) is 0.825. The van der Waals surface area contributed by atoms with Gasteiger partial charge in [-0.1, -0.05) is 11.8 Å². The zero-order chi connectivity index (χ0) is 14.1. The van der Waals surface area contributed by atoms with Crippen LogP contribution in [0.15, 0.2) is 9.64 Å². The molecule has 0 unspecified atom stereocenters. The highest BCUT2D eigenvalue weighted by Gasteiger charge is 2.11. The molecule has 1 aromatic heterocycles. The largest absolute Gasteiger partial charge is 0.410 e. The monoisotopic (exact) mass is 289 g/mol. The van der Waals surface area contributed by atoms with Crippen LogP contribution in [0.4, 0.5) is 0 Å². The number of thioether (sulfide) groups is 1. The molecule has 0 aliphatic carbocycles. The van der Waals surface area contributed by atoms with Crippen molar-refractivity contribution in [3.05, 3.63) is 5.89 Å². The zero-order valence-electron chi connectivity index (χ0n) is 11.6. The summed E-state index contributed by atoms with van der Waals surface area (Å²) in [6.45, 7) is 1.94. The van der Waals surface area contributed by atoms with E-state index in [9.17, 15) is 4.79 Å². The van der Waals surface area contributed by atoms with E-state index in [0.717, 1.165) is 6.42 Å². The third-order valence-corrected chi connectivity index (χ3v) is 2.95. The number of rotatable bonds is 9. The highest BCUT2D eigenvalue weighted by Crippen LogP contribution is 2.15. The van der Waals surface area contributed by atoms with Crippen LogP contribution in [0.1, 0.15) is 12.3 Å². The summed E-state index contributed by atoms with van der Waals surface area (Å²) in [6, 6.07) is 0. The van der Waals surface area contributed by atoms with Crippen molar-refractivity contribution >= 4 is 17.7 Å². The number of nitrogens with zero attached hydrogens (tertiary/aromatic N) is 2. The second kappa shape index (κ2) is 8.89. The van der Waals surface area contributed by atoms with Gasteiger partial charge in [0.15, 0.2) is 6.54 Å². The molecule has 0 saturated heterocycles. The van der Waals surface area contributed by atoms with E-state index in [2.05, 4.69) is 15.5 Å². The highest BCUT2D eigenvalue weighted by atomic mass is 32.2. The van der Waals surface area contributed by atoms with E-state index in [1.807, 2.05) is 14.1 Å². The number of aromatic nitrogens is 2. The first-order valence-corrected chi connectivity index (χ1v) is 7.10. The predicted molar refractivity (Wildman–Crippen MR) is 71.0 cm³/mol. The second-order valence-electron chi connectivity index (χ2n) is 4.33. The lowest BCUT2D eigenvalue weighted by Crippen LogP contribution is -3.04. The van der Waals surface area contributed by atoms with E-state index in [1.165, 1.54) is 16.7 Å². The number of carbonyl (C=O) groups excluding carboxylic acids is 1. The van der Waals surface area contributed by atoms with Gasteiger partial charge in [0.05, 0.1) is 19.8 Å². The van der Waals surface area contributed by atoms with Gasteiger partial charge in [-0.15, -0.1) is 10.2 Å². The Kier molecular flexibility index (Phi) is 7.46. The molecule has 0 aromatic carbocycles. The van der Waals surface area contributed by atoms with Crippen LogP contribution >= 0.6 is 11.8 Å². The van der Waals surface area contributed by atoms with Crippen LogP contribution in [-0.4, -0.2) is 56.2 Å². The number of hydrogen-bond acceptors (Lipinski definition) is 6. The average Bonchev–Trinajstić information content (AvgIpc) is 2.79. The molecular weight excluding hydrogens is 268 g/mol. The lowest BCUT2D eigenvalue weighted by atomic mass is 10.4. The molecule has 1 rings (SSSR count). The Morgan fingerprint density at radius 3 is 2.95 bits per heavy atom. The van der Waals surface area contributed by atoms with E-state index in [4.69, 9.17) is 9.15 Å². The molecule has 1 amide bonds. The molecular formula is C11H21N4O3S+. The second-order valence-corrected chi connectivity index (χ2v) is 5.26. The van der Waals surface area contributed by atoms with Gasteiger partial charge in [0, 0.05) is 20.3 Å². The fraction of sp³-hybridized carbons (Fsp3) is 0.727. The van der Waals surface area contributed by atoms with Crippen LogP contribution in [0.5, 0.6) is 0 Å². The van der Waals surface area contributed by atoms with Crippen LogP contribution < -0.4 is 10.2 Å². The maximum Gasteiger partial charge on any atom is 0.277 e. The fourth-order valence-corrected chi connectivity index (χ4v) is 1.90. The lowest BCUT2D eigenvalue weighted by molar-refractivity contribution is -0.874. The summed E-state index contributed by atoms with van der Waals surface area (Å²) in [5, 5.41) is 11.0. The summed E-state index contributed by atoms with van der Waals surface area (Å²) in [5.41, 5.74) is 0. The summed E-state index contributed by atoms with van der Waals surface area (Å²) >= 11 is 1.25. The van der Waals surface area contributed by atoms with Crippen LogP contribution in [0.3, 0.4) is 0 Å². The number of methoxy groups -OCH3 is 1. The Morgan fingerprint density at radius 1 is 1.47 bits per heavy atom. The Bertz CT molecular complexity index is 384. The summed E-state index contributed by atoms with van der Waals surface area (Å²) in [4.78, 5) is 12.7. The van der Waals surface area contributed by atoms with E-state index < -0.39 is 0 Å². The average molecular weight is 289 g/mol. The first-order valence-electron chi connectivity index (χ1n) is 6.11. The van der Waals surface area contributed by atoms with Gasteiger partial charge >= 0.3 is 0 Å². The number of amides is 1. The molecule has 108 valence electrons. The molecule has 8 heteroatoms. The quantitative estimate of drug-likeness (QED) is 0.446. The van der Waals surface area contributed by atoms with E-state index in [1.54, 1.807) is 7.11 Å². The maximum atomic E-state index is 11.5. The summed E-state index contributed by atoms with van der Waals surface area (Å²) in [6.07, 6.45) is 0.809. The number of carbonyl (C=O) groups is 1. The third-order valence-electron chi connectivity index (χ3n) is 2.13. The number of hydrogen-bond donors (Lipinski definition) is 2. The normalized spacial score (nSPS) is 10.9. The van der Waals surface area contributed by atoms with Gasteiger partial charge in [0.25, 0.3) is 11.1 Å². The molecule has 0 aliphatic rings. The number of nitrogens with one attached hydrogen (secondary N) is 2. The third kappa shape index (κ3) is 7.14. The van der Waals surface area contributed by atoms with E-state index in [0.29, 0.717) is 30.8 Å². The summed E-state index contributed by atoms with van der Waals surface area (Å²) < 4.78 is 10.3. The Hall–Kier alpha value is -1.12. The molecule has 0 saturated carbocycles. The fourth-order valence-electron chi connectivity index (χ4n) is 1.29. The van der Waals surface area contributed by atoms with Crippen LogP contribution in [0, 0.1) is 0 Å². The summed E-state index contributed by atoms with van der Waals surface area (Å²) in [7, 11) is 5.65. The minimum atomic E-state index is -0.0425. The minimum absolute atomic E-state index is 0.0425. The standard InChI is InChI=1S/C11H20N4O3S/c1-15(2)7-10-13-14-11(18-10)19-8-9(16)12-5-4-6-17-3/h4-8H2,1-3H3,(H,12,16)/p+1. The SMILES string of the molecule is COCCCNC(=O)CSc1nnc(C[NH+](C)C)o1. The smallest absolute Gasteiger partial charge is 0.277 e. The molecule has 0 aliphatic heterocycles. The van der Waals surface area contributed by atoms with Crippen molar-refractivity contribution < 1.29 is 18.8 Å². The van der Waals surface area contributed by atoms with Crippen LogP contribution in [-0.2, 0) is 16.1 Å². The van der Waals surface area contributed by atoms with Crippen LogP contribution in [0.25, 0.3) is 0 Å². The Labute approximate surface area is 117 Å². The van der Waals surface area contributed by atoms with E-state index in [-0.39, 0.29) is 11.7 Å². The van der Waals surface area contributed by atoms with Crippen molar-refractivity contribution in [1.82, 2.24) is 15.5 Å². The van der Waals surface area contributed by atoms with Crippen molar-refractivity contribution in [2.45, 2.75) is 18.2 Å². The van der Waals surface area contributed by atoms with Crippen molar-refractivity contribution in [2.75, 3.05) is 40.1 Å². The Morgan fingerprint density at radius 2 is 2.26 bits per heavy atom. The number of quaternary nitrogens is 1. The molecule has 1 aromatic rings. The molecule has 0 atom stereocenters. The zero-order valence-corrected chi connectivity index (χ0v) is 12.4. The molecule has 0 radical (unpaired) electrons. The predicted octanol–water partition coefficient (Wildman–Crippen LogP) is -1.04. The maximum absolute atomic E-state index is 11.5. The molecule has 2 N–H and O–H groups in total. The van der Waals surface area contributed by atoms with Gasteiger partial charge in [-0.3, -0.25) is 4.79 Å². The van der Waals surface area contributed by atoms with Crippen molar-refractivity contribution in [3.63, 3.8) is 0 Å². The molecule has 7 nitrogen and oxygen atoms in total. The molecule has 0 bridgehead atoms. The minimum Gasteiger partial charge on any atom is -0.410 e. The topological polar surface area (TPSA) is 81.7 Å². The Balaban J connectivity index is 2.20. The van der Waals surface area contributed by atoms with Gasteiger partial charge in [0.1, 0.15) is 0 Å². The van der Waals surface area contributed by atoms with Gasteiger partial charge in [-0.25, -0.2) is 0 Å². The first kappa shape index (κ1) is 15.9. The molecule has 1 heterocycles. The first-order chi connectivity index (χ1) is 9.11. The number of ether oxygens (including phenoxy) is 1. The van der Waals surface area contributed by atoms with Crippen molar-refractivity contribution in [2.24, 2.45) is 0 Å². The van der Waals surface area contributed by atoms with Crippen molar-refractivity contribution in [3.8, 4) is 0 Å². The molecule has 0 spiro atoms. The van der Waals surface area contributed by atoms with Gasteiger partial charge < -0.3 is 19.4 Å². The highest BCUT2D eigenvalue weighted by molar-refractivity contribution is 7.99. The van der Waals surface area contributed by atoms with Gasteiger partial charge in [-0.05, 0) is 6.42 Å². The molecule has 19 heavy (non-hydrogen) atoms. The van der Waals surface area contributed by atoms with E-state index >= 15 is 0 Å². The van der Waals surface area contributed by atoms with Crippen molar-refractivity contribution in [1.29, 1.82) is 0 Å². The van der Waals surface area contributed by atoms with Gasteiger partial charge in [-0.2, -0.15) is 0 Å². The van der Waals surface area contributed by atoms with Gasteiger partial charge in [0.2, 0.25) is 5.91 Å². The molecule has 0 fully saturated rings. The lowest BCUT2D eigenvalue weighted by Gasteiger charge is -2.03. The van der Waals surface area contributed by atoms with Crippen LogP contribution in [0.2, 0.25) is 0 Å².